The van der Waals surface area contributed by atoms with Gasteiger partial charge in [0.2, 0.25) is 11.8 Å². The van der Waals surface area contributed by atoms with Gasteiger partial charge < -0.3 is 15.1 Å². The van der Waals surface area contributed by atoms with Crippen LogP contribution in [0, 0.1) is 0 Å². The van der Waals surface area contributed by atoms with Crippen LogP contribution in [-0.2, 0) is 9.59 Å². The van der Waals surface area contributed by atoms with E-state index in [9.17, 15) is 9.59 Å². The van der Waals surface area contributed by atoms with E-state index in [0.717, 1.165) is 44.7 Å². The molecule has 0 saturated carbocycles. The summed E-state index contributed by atoms with van der Waals surface area (Å²) in [6, 6.07) is 4.09. The summed E-state index contributed by atoms with van der Waals surface area (Å²) < 4.78 is 0. The summed E-state index contributed by atoms with van der Waals surface area (Å²) in [5.41, 5.74) is 1.22. The Morgan fingerprint density at radius 1 is 1.39 bits per heavy atom. The summed E-state index contributed by atoms with van der Waals surface area (Å²) in [6.07, 6.45) is 5.35. The number of aromatic nitrogens is 1. The van der Waals surface area contributed by atoms with Crippen LogP contribution in [0.2, 0.25) is 0 Å². The Labute approximate surface area is 136 Å². The fourth-order valence-corrected chi connectivity index (χ4v) is 3.45. The lowest BCUT2D eigenvalue weighted by Crippen LogP contribution is -2.44. The molecule has 0 radical (unpaired) electrons. The lowest BCUT2D eigenvalue weighted by atomic mass is 9.91. The minimum atomic E-state index is 0.0767. The predicted molar refractivity (Wildman–Crippen MR) is 88.2 cm³/mol. The molecule has 0 aromatic carbocycles. The zero-order valence-corrected chi connectivity index (χ0v) is 13.6. The highest BCUT2D eigenvalue weighted by atomic mass is 16.2. The van der Waals surface area contributed by atoms with Gasteiger partial charge in [-0.3, -0.25) is 9.59 Å². The van der Waals surface area contributed by atoms with E-state index in [1.165, 1.54) is 5.56 Å². The molecule has 1 aromatic heterocycles. The molecule has 0 unspecified atom stereocenters. The van der Waals surface area contributed by atoms with Crippen molar-refractivity contribution < 1.29 is 9.59 Å². The van der Waals surface area contributed by atoms with Crippen molar-refractivity contribution in [3.63, 3.8) is 0 Å². The third-order valence-electron chi connectivity index (χ3n) is 4.78. The summed E-state index contributed by atoms with van der Waals surface area (Å²) in [5, 5.41) is 3.06. The summed E-state index contributed by atoms with van der Waals surface area (Å²) in [4.78, 5) is 32.1. The SMILES string of the molecule is CNc1cc([C@H]2CCCN(C(=O)CN3CCCC3=O)C2)ccn1. The van der Waals surface area contributed by atoms with Gasteiger partial charge in [-0.05, 0) is 37.0 Å². The highest BCUT2D eigenvalue weighted by molar-refractivity contribution is 5.86. The maximum atomic E-state index is 12.5. The summed E-state index contributed by atoms with van der Waals surface area (Å²) in [6.45, 7) is 2.48. The van der Waals surface area contributed by atoms with Crippen LogP contribution in [0.15, 0.2) is 18.3 Å². The molecule has 6 nitrogen and oxygen atoms in total. The summed E-state index contributed by atoms with van der Waals surface area (Å²) in [5.74, 6) is 1.39. The maximum absolute atomic E-state index is 12.5. The number of amides is 2. The molecular weight excluding hydrogens is 292 g/mol. The standard InChI is InChI=1S/C17H24N4O2/c1-18-15-10-13(6-7-19-15)14-4-2-8-20(11-14)17(23)12-21-9-3-5-16(21)22/h6-7,10,14H,2-5,8-9,11-12H2,1H3,(H,18,19)/t14-/m0/s1. The van der Waals surface area contributed by atoms with Crippen LogP contribution in [0.4, 0.5) is 5.82 Å². The highest BCUT2D eigenvalue weighted by Crippen LogP contribution is 2.28. The second-order valence-corrected chi connectivity index (χ2v) is 6.32. The third-order valence-corrected chi connectivity index (χ3v) is 4.78. The zero-order valence-electron chi connectivity index (χ0n) is 13.6. The Kier molecular flexibility index (Phi) is 4.79. The minimum absolute atomic E-state index is 0.0767. The van der Waals surface area contributed by atoms with Gasteiger partial charge in [0.1, 0.15) is 5.82 Å². The van der Waals surface area contributed by atoms with E-state index < -0.39 is 0 Å². The van der Waals surface area contributed by atoms with Crippen molar-refractivity contribution in [2.24, 2.45) is 0 Å². The lowest BCUT2D eigenvalue weighted by Gasteiger charge is -2.34. The largest absolute Gasteiger partial charge is 0.373 e. The molecule has 124 valence electrons. The maximum Gasteiger partial charge on any atom is 0.242 e. The fourth-order valence-electron chi connectivity index (χ4n) is 3.45. The second-order valence-electron chi connectivity index (χ2n) is 6.32. The average Bonchev–Trinajstić information content (AvgIpc) is 3.00. The quantitative estimate of drug-likeness (QED) is 0.913. The molecule has 2 saturated heterocycles. The number of anilines is 1. The molecule has 23 heavy (non-hydrogen) atoms. The van der Waals surface area contributed by atoms with Gasteiger partial charge in [-0.2, -0.15) is 0 Å². The Hall–Kier alpha value is -2.11. The van der Waals surface area contributed by atoms with Crippen LogP contribution < -0.4 is 5.32 Å². The van der Waals surface area contributed by atoms with E-state index in [-0.39, 0.29) is 18.4 Å². The van der Waals surface area contributed by atoms with Gasteiger partial charge in [0.15, 0.2) is 0 Å². The fraction of sp³-hybridized carbons (Fsp3) is 0.588. The number of piperidine rings is 1. The number of nitrogens with one attached hydrogen (secondary N) is 1. The van der Waals surface area contributed by atoms with Crippen LogP contribution in [-0.4, -0.2) is 59.8 Å². The molecule has 3 rings (SSSR count). The van der Waals surface area contributed by atoms with Crippen LogP contribution >= 0.6 is 0 Å². The number of hydrogen-bond acceptors (Lipinski definition) is 4. The smallest absolute Gasteiger partial charge is 0.242 e. The van der Waals surface area contributed by atoms with E-state index in [0.29, 0.717) is 12.3 Å². The van der Waals surface area contributed by atoms with Crippen molar-refractivity contribution in [1.29, 1.82) is 0 Å². The molecule has 1 N–H and O–H groups in total. The van der Waals surface area contributed by atoms with E-state index >= 15 is 0 Å². The normalized spacial score (nSPS) is 21.6. The van der Waals surface area contributed by atoms with Crippen LogP contribution in [0.25, 0.3) is 0 Å². The Bertz CT molecular complexity index is 590. The molecule has 1 aromatic rings. The Morgan fingerprint density at radius 3 is 3.00 bits per heavy atom. The van der Waals surface area contributed by atoms with Gasteiger partial charge in [0, 0.05) is 45.2 Å². The van der Waals surface area contributed by atoms with Gasteiger partial charge in [0.05, 0.1) is 6.54 Å². The zero-order chi connectivity index (χ0) is 16.2. The molecule has 2 amide bonds. The Balaban J connectivity index is 1.63. The predicted octanol–water partition coefficient (Wildman–Crippen LogP) is 1.45. The molecular formula is C17H24N4O2. The summed E-state index contributed by atoms with van der Waals surface area (Å²) >= 11 is 0. The van der Waals surface area contributed by atoms with Crippen molar-refractivity contribution in [1.82, 2.24) is 14.8 Å². The molecule has 0 spiro atoms. The monoisotopic (exact) mass is 316 g/mol. The molecule has 0 bridgehead atoms. The van der Waals surface area contributed by atoms with E-state index in [1.807, 2.05) is 24.2 Å². The summed E-state index contributed by atoms with van der Waals surface area (Å²) in [7, 11) is 1.86. The number of carbonyl (C=O) groups is 2. The van der Waals surface area contributed by atoms with Gasteiger partial charge >= 0.3 is 0 Å². The van der Waals surface area contributed by atoms with E-state index in [1.54, 1.807) is 4.90 Å². The van der Waals surface area contributed by atoms with Crippen LogP contribution in [0.3, 0.4) is 0 Å². The first-order valence-corrected chi connectivity index (χ1v) is 8.36. The average molecular weight is 316 g/mol. The first-order chi connectivity index (χ1) is 11.2. The molecule has 0 aliphatic carbocycles. The van der Waals surface area contributed by atoms with E-state index in [4.69, 9.17) is 0 Å². The number of hydrogen-bond donors (Lipinski definition) is 1. The topological polar surface area (TPSA) is 65.5 Å². The van der Waals surface area contributed by atoms with Crippen LogP contribution in [0.1, 0.15) is 37.2 Å². The second kappa shape index (κ2) is 6.98. The van der Waals surface area contributed by atoms with Crippen molar-refractivity contribution in [2.45, 2.75) is 31.6 Å². The number of carbonyl (C=O) groups excluding carboxylic acids is 2. The van der Waals surface area contributed by atoms with Crippen LogP contribution in [0.5, 0.6) is 0 Å². The Morgan fingerprint density at radius 2 is 2.26 bits per heavy atom. The highest BCUT2D eigenvalue weighted by Gasteiger charge is 2.28. The van der Waals surface area contributed by atoms with E-state index in [2.05, 4.69) is 16.4 Å². The molecule has 6 heteroatoms. The first kappa shape index (κ1) is 15.8. The number of nitrogens with zero attached hydrogens (tertiary/aromatic N) is 3. The molecule has 2 aliphatic heterocycles. The number of pyridine rings is 1. The molecule has 1 atom stereocenters. The molecule has 3 heterocycles. The van der Waals surface area contributed by atoms with Crippen molar-refractivity contribution in [3.05, 3.63) is 23.9 Å². The van der Waals surface area contributed by atoms with Gasteiger partial charge in [-0.25, -0.2) is 4.98 Å². The van der Waals surface area contributed by atoms with Gasteiger partial charge in [-0.1, -0.05) is 0 Å². The minimum Gasteiger partial charge on any atom is -0.373 e. The van der Waals surface area contributed by atoms with Gasteiger partial charge in [-0.15, -0.1) is 0 Å². The van der Waals surface area contributed by atoms with Crippen molar-refractivity contribution >= 4 is 17.6 Å². The molecule has 2 fully saturated rings. The van der Waals surface area contributed by atoms with Crippen molar-refractivity contribution in [3.8, 4) is 0 Å². The third kappa shape index (κ3) is 3.63. The molecule has 2 aliphatic rings. The number of rotatable bonds is 4. The van der Waals surface area contributed by atoms with Crippen molar-refractivity contribution in [2.75, 3.05) is 38.5 Å². The first-order valence-electron chi connectivity index (χ1n) is 8.36. The lowest BCUT2D eigenvalue weighted by molar-refractivity contribution is -0.139. The number of likely N-dealkylation sites (tertiary alicyclic amines) is 2. The van der Waals surface area contributed by atoms with Gasteiger partial charge in [0.25, 0.3) is 0 Å².